The van der Waals surface area contributed by atoms with Gasteiger partial charge in [-0.05, 0) is 6.92 Å². The molecule has 0 atom stereocenters. The van der Waals surface area contributed by atoms with E-state index < -0.39 is 0 Å². The van der Waals surface area contributed by atoms with E-state index in [1.54, 1.807) is 6.92 Å². The van der Waals surface area contributed by atoms with Crippen molar-refractivity contribution in [3.8, 4) is 0 Å². The summed E-state index contributed by atoms with van der Waals surface area (Å²) in [4.78, 5) is 27.3. The van der Waals surface area contributed by atoms with Gasteiger partial charge in [0.25, 0.3) is 0 Å². The average Bonchev–Trinajstić information content (AvgIpc) is 2.55. The van der Waals surface area contributed by atoms with E-state index >= 15 is 0 Å². The molecule has 0 aromatic carbocycles. The van der Waals surface area contributed by atoms with Gasteiger partial charge in [-0.1, -0.05) is 6.92 Å². The van der Waals surface area contributed by atoms with Crippen molar-refractivity contribution in [1.29, 1.82) is 0 Å². The largest absolute Gasteiger partial charge is 0.375 e. The molecule has 0 amide bonds. The zero-order chi connectivity index (χ0) is 10.6. The van der Waals surface area contributed by atoms with E-state index in [1.165, 1.54) is 0 Å². The number of nitrogens with one attached hydrogen (secondary N) is 2. The van der Waals surface area contributed by atoms with Gasteiger partial charge in [0, 0.05) is 13.0 Å². The van der Waals surface area contributed by atoms with Crippen LogP contribution in [0.3, 0.4) is 0 Å². The number of aromatic nitrogens is 2. The Balaban J connectivity index is 2.91. The summed E-state index contributed by atoms with van der Waals surface area (Å²) in [6.45, 7) is 4.41. The number of imidazole rings is 1. The number of ether oxygens (including phenoxy) is 1. The Labute approximate surface area is 81.5 Å². The molecule has 1 heterocycles. The maximum absolute atomic E-state index is 11.4. The summed E-state index contributed by atoms with van der Waals surface area (Å²) < 4.78 is 5.13. The molecule has 0 bridgehead atoms. The van der Waals surface area contributed by atoms with Gasteiger partial charge in [-0.2, -0.15) is 0 Å². The van der Waals surface area contributed by atoms with Crippen molar-refractivity contribution in [2.24, 2.45) is 0 Å². The quantitative estimate of drug-likeness (QED) is 0.688. The minimum Gasteiger partial charge on any atom is -0.375 e. The van der Waals surface area contributed by atoms with E-state index in [9.17, 15) is 9.59 Å². The number of carbonyl (C=O) groups is 1. The average molecular weight is 198 g/mol. The van der Waals surface area contributed by atoms with Gasteiger partial charge in [0.05, 0.1) is 12.3 Å². The van der Waals surface area contributed by atoms with Gasteiger partial charge in [-0.15, -0.1) is 0 Å². The van der Waals surface area contributed by atoms with Crippen molar-refractivity contribution in [3.05, 3.63) is 21.9 Å². The Morgan fingerprint density at radius 3 is 2.64 bits per heavy atom. The van der Waals surface area contributed by atoms with Crippen LogP contribution in [0.2, 0.25) is 0 Å². The zero-order valence-electron chi connectivity index (χ0n) is 8.35. The first kappa shape index (κ1) is 10.7. The van der Waals surface area contributed by atoms with Crippen molar-refractivity contribution in [3.63, 3.8) is 0 Å². The Hall–Kier alpha value is -1.36. The second-order valence-corrected chi connectivity index (χ2v) is 2.85. The minimum atomic E-state index is -0.364. The van der Waals surface area contributed by atoms with Crippen LogP contribution in [-0.4, -0.2) is 22.4 Å². The summed E-state index contributed by atoms with van der Waals surface area (Å²) in [5.74, 6) is -0.0851. The maximum Gasteiger partial charge on any atom is 0.323 e. The first-order valence-corrected chi connectivity index (χ1v) is 4.61. The SMILES string of the molecule is CCOCc1[nH]c(=O)[nH]c1C(=O)CC. The molecule has 1 rings (SSSR count). The summed E-state index contributed by atoms with van der Waals surface area (Å²) in [5.41, 5.74) is 0.506. The minimum absolute atomic E-state index is 0.0851. The molecule has 1 aromatic heterocycles. The first-order valence-electron chi connectivity index (χ1n) is 4.61. The van der Waals surface area contributed by atoms with E-state index in [0.29, 0.717) is 24.4 Å². The highest BCUT2D eigenvalue weighted by atomic mass is 16.5. The van der Waals surface area contributed by atoms with E-state index in [-0.39, 0.29) is 18.1 Å². The zero-order valence-corrected chi connectivity index (χ0v) is 8.35. The molecule has 5 heteroatoms. The van der Waals surface area contributed by atoms with Crippen LogP contribution in [0, 0.1) is 0 Å². The fraction of sp³-hybridized carbons (Fsp3) is 0.556. The summed E-state index contributed by atoms with van der Waals surface area (Å²) in [7, 11) is 0. The van der Waals surface area contributed by atoms with E-state index in [1.807, 2.05) is 6.92 Å². The number of H-pyrrole nitrogens is 2. The summed E-state index contributed by atoms with van der Waals surface area (Å²) in [5, 5.41) is 0. The normalized spacial score (nSPS) is 10.4. The Morgan fingerprint density at radius 2 is 2.07 bits per heavy atom. The van der Waals surface area contributed by atoms with Crippen molar-refractivity contribution in [2.45, 2.75) is 26.9 Å². The van der Waals surface area contributed by atoms with Crippen molar-refractivity contribution in [1.82, 2.24) is 9.97 Å². The molecule has 0 saturated heterocycles. The van der Waals surface area contributed by atoms with E-state index in [4.69, 9.17) is 4.74 Å². The van der Waals surface area contributed by atoms with Crippen LogP contribution >= 0.6 is 0 Å². The summed E-state index contributed by atoms with van der Waals surface area (Å²) in [6, 6.07) is 0. The number of ketones is 1. The fourth-order valence-corrected chi connectivity index (χ4v) is 1.15. The third-order valence-electron chi connectivity index (χ3n) is 1.86. The molecular weight excluding hydrogens is 184 g/mol. The lowest BCUT2D eigenvalue weighted by molar-refractivity contribution is 0.0972. The maximum atomic E-state index is 11.4. The molecule has 0 radical (unpaired) electrons. The van der Waals surface area contributed by atoms with Gasteiger partial charge in [0.2, 0.25) is 0 Å². The molecule has 1 aromatic rings. The van der Waals surface area contributed by atoms with Crippen LogP contribution in [0.25, 0.3) is 0 Å². The van der Waals surface area contributed by atoms with Crippen LogP contribution in [0.1, 0.15) is 36.5 Å². The topological polar surface area (TPSA) is 75.0 Å². The third kappa shape index (κ3) is 2.32. The number of hydrogen-bond acceptors (Lipinski definition) is 3. The lowest BCUT2D eigenvalue weighted by atomic mass is 10.2. The number of rotatable bonds is 5. The van der Waals surface area contributed by atoms with Crippen LogP contribution in [0.5, 0.6) is 0 Å². The molecule has 0 aliphatic heterocycles. The molecule has 0 spiro atoms. The molecule has 0 aliphatic rings. The molecule has 2 N–H and O–H groups in total. The van der Waals surface area contributed by atoms with Gasteiger partial charge in [0.1, 0.15) is 5.69 Å². The molecular formula is C9H14N2O3. The first-order chi connectivity index (χ1) is 6.69. The van der Waals surface area contributed by atoms with Crippen LogP contribution in [0.15, 0.2) is 4.79 Å². The second-order valence-electron chi connectivity index (χ2n) is 2.85. The third-order valence-corrected chi connectivity index (χ3v) is 1.86. The van der Waals surface area contributed by atoms with E-state index in [2.05, 4.69) is 9.97 Å². The Kier molecular flexibility index (Phi) is 3.64. The molecule has 0 aliphatic carbocycles. The summed E-state index contributed by atoms with van der Waals surface area (Å²) in [6.07, 6.45) is 0.368. The van der Waals surface area contributed by atoms with Gasteiger partial charge in [0.15, 0.2) is 5.78 Å². The molecule has 0 unspecified atom stereocenters. The molecule has 14 heavy (non-hydrogen) atoms. The van der Waals surface area contributed by atoms with Gasteiger partial charge < -0.3 is 14.7 Å². The van der Waals surface area contributed by atoms with Crippen LogP contribution in [-0.2, 0) is 11.3 Å². The van der Waals surface area contributed by atoms with Crippen LogP contribution in [0.4, 0.5) is 0 Å². The lowest BCUT2D eigenvalue weighted by Gasteiger charge is -2.00. The lowest BCUT2D eigenvalue weighted by Crippen LogP contribution is -2.04. The highest BCUT2D eigenvalue weighted by molar-refractivity contribution is 5.94. The predicted octanol–water partition coefficient (Wildman–Crippen LogP) is 0.832. The van der Waals surface area contributed by atoms with E-state index in [0.717, 1.165) is 0 Å². The monoisotopic (exact) mass is 198 g/mol. The fourth-order valence-electron chi connectivity index (χ4n) is 1.15. The standard InChI is InChI=1S/C9H14N2O3/c1-3-7(12)8-6(5-14-4-2)10-9(13)11-8/h3-5H2,1-2H3,(H2,10,11,13). The van der Waals surface area contributed by atoms with Crippen molar-refractivity contribution >= 4 is 5.78 Å². The highest BCUT2D eigenvalue weighted by Gasteiger charge is 2.12. The number of hydrogen-bond donors (Lipinski definition) is 2. The Bertz CT molecular complexity index is 364. The number of aromatic amines is 2. The molecule has 5 nitrogen and oxygen atoms in total. The van der Waals surface area contributed by atoms with Crippen molar-refractivity contribution < 1.29 is 9.53 Å². The second kappa shape index (κ2) is 4.76. The summed E-state index contributed by atoms with van der Waals surface area (Å²) >= 11 is 0. The van der Waals surface area contributed by atoms with Crippen molar-refractivity contribution in [2.75, 3.05) is 6.61 Å². The van der Waals surface area contributed by atoms with Crippen LogP contribution < -0.4 is 5.69 Å². The number of carbonyl (C=O) groups excluding carboxylic acids is 1. The molecule has 0 saturated carbocycles. The van der Waals surface area contributed by atoms with Gasteiger partial charge >= 0.3 is 5.69 Å². The molecule has 78 valence electrons. The van der Waals surface area contributed by atoms with Gasteiger partial charge in [-0.25, -0.2) is 4.79 Å². The smallest absolute Gasteiger partial charge is 0.323 e. The predicted molar refractivity (Wildman–Crippen MR) is 51.4 cm³/mol. The molecule has 0 fully saturated rings. The Morgan fingerprint density at radius 1 is 1.36 bits per heavy atom. The number of Topliss-reactive ketones (excluding diaryl/α,β-unsaturated/α-hetero) is 1. The highest BCUT2D eigenvalue weighted by Crippen LogP contribution is 2.05. The van der Waals surface area contributed by atoms with Gasteiger partial charge in [-0.3, -0.25) is 4.79 Å².